The lowest BCUT2D eigenvalue weighted by molar-refractivity contribution is 0.703. The molecule has 1 unspecified atom stereocenters. The van der Waals surface area contributed by atoms with Gasteiger partial charge in [-0.25, -0.2) is 0 Å². The molecule has 1 atom stereocenters. The molecular formula is C14H16N2. The van der Waals surface area contributed by atoms with Crippen LogP contribution in [0.3, 0.4) is 0 Å². The zero-order chi connectivity index (χ0) is 11.4. The minimum Gasteiger partial charge on any atom is -0.324 e. The Kier molecular flexibility index (Phi) is 3.32. The van der Waals surface area contributed by atoms with Crippen molar-refractivity contribution >= 4 is 0 Å². The summed E-state index contributed by atoms with van der Waals surface area (Å²) in [7, 11) is 0. The average molecular weight is 212 g/mol. The lowest BCUT2D eigenvalue weighted by Crippen LogP contribution is -2.14. The quantitative estimate of drug-likeness (QED) is 0.849. The fourth-order valence-electron chi connectivity index (χ4n) is 1.76. The maximum absolute atomic E-state index is 6.16. The van der Waals surface area contributed by atoms with Gasteiger partial charge in [-0.2, -0.15) is 0 Å². The maximum atomic E-state index is 6.16. The van der Waals surface area contributed by atoms with Gasteiger partial charge < -0.3 is 5.73 Å². The van der Waals surface area contributed by atoms with Crippen LogP contribution >= 0.6 is 0 Å². The van der Waals surface area contributed by atoms with Gasteiger partial charge in [0.25, 0.3) is 0 Å². The summed E-state index contributed by atoms with van der Waals surface area (Å²) in [5.41, 5.74) is 9.60. The van der Waals surface area contributed by atoms with Gasteiger partial charge in [0.15, 0.2) is 0 Å². The molecule has 0 aliphatic heterocycles. The van der Waals surface area contributed by atoms with Gasteiger partial charge in [0.2, 0.25) is 0 Å². The van der Waals surface area contributed by atoms with Crippen molar-refractivity contribution in [3.05, 3.63) is 65.5 Å². The number of hydrogen-bond acceptors (Lipinski definition) is 2. The summed E-state index contributed by atoms with van der Waals surface area (Å²) in [6, 6.07) is 14.2. The van der Waals surface area contributed by atoms with Gasteiger partial charge in [-0.3, -0.25) is 4.98 Å². The summed E-state index contributed by atoms with van der Waals surface area (Å²) in [6.07, 6.45) is 2.61. The van der Waals surface area contributed by atoms with Gasteiger partial charge in [-0.15, -0.1) is 0 Å². The van der Waals surface area contributed by atoms with Crippen molar-refractivity contribution in [3.63, 3.8) is 0 Å². The van der Waals surface area contributed by atoms with E-state index in [1.54, 1.807) is 0 Å². The van der Waals surface area contributed by atoms with E-state index in [1.165, 1.54) is 5.56 Å². The van der Waals surface area contributed by atoms with E-state index in [2.05, 4.69) is 30.1 Å². The van der Waals surface area contributed by atoms with E-state index in [9.17, 15) is 0 Å². The Bertz CT molecular complexity index is 451. The SMILES string of the molecule is Cc1cccnc1CC(N)c1ccccc1. The zero-order valence-electron chi connectivity index (χ0n) is 9.43. The first-order chi connectivity index (χ1) is 7.77. The van der Waals surface area contributed by atoms with E-state index >= 15 is 0 Å². The van der Waals surface area contributed by atoms with E-state index in [4.69, 9.17) is 5.73 Å². The van der Waals surface area contributed by atoms with Crippen molar-refractivity contribution in [2.75, 3.05) is 0 Å². The van der Waals surface area contributed by atoms with Crippen LogP contribution < -0.4 is 5.73 Å². The third kappa shape index (κ3) is 2.47. The molecule has 1 aromatic carbocycles. The number of nitrogens with zero attached hydrogens (tertiary/aromatic N) is 1. The highest BCUT2D eigenvalue weighted by Gasteiger charge is 2.08. The van der Waals surface area contributed by atoms with E-state index in [1.807, 2.05) is 30.5 Å². The van der Waals surface area contributed by atoms with Gasteiger partial charge in [0, 0.05) is 24.4 Å². The Balaban J connectivity index is 2.14. The number of benzene rings is 1. The van der Waals surface area contributed by atoms with E-state index in [0.717, 1.165) is 17.7 Å². The van der Waals surface area contributed by atoms with Gasteiger partial charge in [-0.1, -0.05) is 36.4 Å². The van der Waals surface area contributed by atoms with Crippen LogP contribution in [0, 0.1) is 6.92 Å². The minimum absolute atomic E-state index is 0.0230. The smallest absolute Gasteiger partial charge is 0.0451 e. The second kappa shape index (κ2) is 4.90. The Morgan fingerprint density at radius 2 is 1.88 bits per heavy atom. The van der Waals surface area contributed by atoms with E-state index < -0.39 is 0 Å². The summed E-state index contributed by atoms with van der Waals surface area (Å²) in [5, 5.41) is 0. The number of aromatic nitrogens is 1. The monoisotopic (exact) mass is 212 g/mol. The van der Waals surface area contributed by atoms with Crippen LogP contribution in [0.4, 0.5) is 0 Å². The standard InChI is InChI=1S/C14H16N2/c1-11-6-5-9-16-14(11)10-13(15)12-7-3-2-4-8-12/h2-9,13H,10,15H2,1H3. The molecule has 0 bridgehead atoms. The molecule has 0 spiro atoms. The second-order valence-corrected chi connectivity index (χ2v) is 3.99. The third-order valence-electron chi connectivity index (χ3n) is 2.76. The summed E-state index contributed by atoms with van der Waals surface area (Å²) in [4.78, 5) is 4.36. The number of aryl methyl sites for hydroxylation is 1. The molecule has 82 valence electrons. The van der Waals surface area contributed by atoms with Gasteiger partial charge >= 0.3 is 0 Å². The van der Waals surface area contributed by atoms with Gasteiger partial charge in [0.05, 0.1) is 0 Å². The van der Waals surface area contributed by atoms with Gasteiger partial charge in [-0.05, 0) is 24.1 Å². The topological polar surface area (TPSA) is 38.9 Å². The molecule has 0 aliphatic carbocycles. The molecule has 0 fully saturated rings. The Morgan fingerprint density at radius 3 is 2.56 bits per heavy atom. The highest BCUT2D eigenvalue weighted by molar-refractivity contribution is 5.24. The van der Waals surface area contributed by atoms with E-state index in [0.29, 0.717) is 0 Å². The first-order valence-corrected chi connectivity index (χ1v) is 5.48. The van der Waals surface area contributed by atoms with Crippen molar-refractivity contribution in [1.29, 1.82) is 0 Å². The predicted octanol–water partition coefficient (Wildman–Crippen LogP) is 2.63. The van der Waals surface area contributed by atoms with Crippen molar-refractivity contribution in [2.24, 2.45) is 5.73 Å². The molecule has 1 aromatic heterocycles. The number of hydrogen-bond donors (Lipinski definition) is 1. The van der Waals surface area contributed by atoms with Crippen molar-refractivity contribution in [3.8, 4) is 0 Å². The number of nitrogens with two attached hydrogens (primary N) is 1. The van der Waals surface area contributed by atoms with Crippen LogP contribution in [0.15, 0.2) is 48.7 Å². The molecule has 0 amide bonds. The molecule has 16 heavy (non-hydrogen) atoms. The highest BCUT2D eigenvalue weighted by Crippen LogP contribution is 2.16. The maximum Gasteiger partial charge on any atom is 0.0451 e. The van der Waals surface area contributed by atoms with Crippen LogP contribution in [0.25, 0.3) is 0 Å². The van der Waals surface area contributed by atoms with Crippen LogP contribution in [-0.2, 0) is 6.42 Å². The fraction of sp³-hybridized carbons (Fsp3) is 0.214. The molecule has 0 radical (unpaired) electrons. The van der Waals surface area contributed by atoms with Crippen molar-refractivity contribution in [1.82, 2.24) is 4.98 Å². The first-order valence-electron chi connectivity index (χ1n) is 5.48. The lowest BCUT2D eigenvalue weighted by Gasteiger charge is -2.12. The molecule has 0 saturated heterocycles. The summed E-state index contributed by atoms with van der Waals surface area (Å²) >= 11 is 0. The number of pyridine rings is 1. The first kappa shape index (κ1) is 10.8. The molecule has 0 saturated carbocycles. The van der Waals surface area contributed by atoms with Crippen LogP contribution in [-0.4, -0.2) is 4.98 Å². The molecular weight excluding hydrogens is 196 g/mol. The molecule has 2 N–H and O–H groups in total. The highest BCUT2D eigenvalue weighted by atomic mass is 14.7. The van der Waals surface area contributed by atoms with Crippen LogP contribution in [0.5, 0.6) is 0 Å². The van der Waals surface area contributed by atoms with Crippen LogP contribution in [0.1, 0.15) is 22.9 Å². The van der Waals surface area contributed by atoms with Crippen LogP contribution in [0.2, 0.25) is 0 Å². The third-order valence-corrected chi connectivity index (χ3v) is 2.76. The average Bonchev–Trinajstić information content (AvgIpc) is 2.33. The summed E-state index contributed by atoms with van der Waals surface area (Å²) < 4.78 is 0. The predicted molar refractivity (Wildman–Crippen MR) is 66.0 cm³/mol. The minimum atomic E-state index is 0.0230. The zero-order valence-corrected chi connectivity index (χ0v) is 9.43. The molecule has 0 aliphatic rings. The number of rotatable bonds is 3. The van der Waals surface area contributed by atoms with Crippen molar-refractivity contribution in [2.45, 2.75) is 19.4 Å². The summed E-state index contributed by atoms with van der Waals surface area (Å²) in [6.45, 7) is 2.07. The molecule has 1 heterocycles. The Labute approximate surface area is 96.1 Å². The Morgan fingerprint density at radius 1 is 1.12 bits per heavy atom. The normalized spacial score (nSPS) is 12.4. The second-order valence-electron chi connectivity index (χ2n) is 3.99. The Hall–Kier alpha value is -1.67. The lowest BCUT2D eigenvalue weighted by atomic mass is 10.0. The fourth-order valence-corrected chi connectivity index (χ4v) is 1.76. The van der Waals surface area contributed by atoms with Gasteiger partial charge in [0.1, 0.15) is 0 Å². The molecule has 2 nitrogen and oxygen atoms in total. The molecule has 2 heteroatoms. The molecule has 2 rings (SSSR count). The van der Waals surface area contributed by atoms with Crippen molar-refractivity contribution < 1.29 is 0 Å². The largest absolute Gasteiger partial charge is 0.324 e. The summed E-state index contributed by atoms with van der Waals surface area (Å²) in [5.74, 6) is 0. The van der Waals surface area contributed by atoms with E-state index in [-0.39, 0.29) is 6.04 Å². The molecule has 2 aromatic rings.